The van der Waals surface area contributed by atoms with E-state index in [0.717, 1.165) is 16.7 Å². The number of carbonyl (C=O) groups excluding carboxylic acids is 1. The highest BCUT2D eigenvalue weighted by molar-refractivity contribution is 7.85. The molecular weight excluding hydrogens is 449 g/mol. The fourth-order valence-electron chi connectivity index (χ4n) is 3.47. The first kappa shape index (κ1) is 27.1. The van der Waals surface area contributed by atoms with Gasteiger partial charge >= 0.3 is 12.1 Å². The summed E-state index contributed by atoms with van der Waals surface area (Å²) in [6, 6.07) is 11.8. The van der Waals surface area contributed by atoms with Crippen molar-refractivity contribution in [1.82, 2.24) is 0 Å². The number of hydrogen-bond acceptors (Lipinski definition) is 3. The molecule has 7 heteroatoms. The topological polar surface area (TPSA) is 43.4 Å². The highest BCUT2D eigenvalue weighted by Crippen LogP contribution is 2.41. The maximum atomic E-state index is 13.7. The van der Waals surface area contributed by atoms with Gasteiger partial charge in [0.25, 0.3) is 0 Å². The average Bonchev–Trinajstić information content (AvgIpc) is 2.66. The molecule has 2 atom stereocenters. The first-order valence-corrected chi connectivity index (χ1v) is 12.2. The van der Waals surface area contributed by atoms with Crippen molar-refractivity contribution in [2.45, 2.75) is 76.8 Å². The number of ether oxygens (including phenoxy) is 1. The largest absolute Gasteiger partial charge is 0.426 e. The van der Waals surface area contributed by atoms with E-state index in [1.807, 2.05) is 60.6 Å². The molecule has 0 spiro atoms. The van der Waals surface area contributed by atoms with E-state index in [2.05, 4.69) is 0 Å². The predicted molar refractivity (Wildman–Crippen MR) is 126 cm³/mol. The number of esters is 1. The summed E-state index contributed by atoms with van der Waals surface area (Å²) < 4.78 is 59.4. The van der Waals surface area contributed by atoms with Crippen molar-refractivity contribution < 1.29 is 26.9 Å². The SMILES string of the molecule is Cc1cc(C(C)(C)C)c(OC(=O)CC(CS(=O)c2ccccc2)C(F)(F)F)c(C(C)(C)C)c1. The van der Waals surface area contributed by atoms with E-state index in [4.69, 9.17) is 4.74 Å². The Morgan fingerprint density at radius 1 is 0.939 bits per heavy atom. The van der Waals surface area contributed by atoms with Gasteiger partial charge in [-0.2, -0.15) is 13.2 Å². The Morgan fingerprint density at radius 2 is 1.42 bits per heavy atom. The Balaban J connectivity index is 2.36. The zero-order chi connectivity index (χ0) is 25.2. The van der Waals surface area contributed by atoms with Crippen LogP contribution >= 0.6 is 0 Å². The summed E-state index contributed by atoms with van der Waals surface area (Å²) in [4.78, 5) is 13.1. The number of carbonyl (C=O) groups is 1. The van der Waals surface area contributed by atoms with Crippen molar-refractivity contribution in [3.63, 3.8) is 0 Å². The molecule has 0 saturated carbocycles. The molecule has 182 valence electrons. The molecule has 33 heavy (non-hydrogen) atoms. The van der Waals surface area contributed by atoms with Crippen LogP contribution in [-0.4, -0.2) is 22.1 Å². The minimum Gasteiger partial charge on any atom is -0.426 e. The molecule has 0 fully saturated rings. The average molecular weight is 483 g/mol. The Labute approximate surface area is 197 Å². The molecule has 0 bridgehead atoms. The molecule has 2 aromatic carbocycles. The quantitative estimate of drug-likeness (QED) is 0.333. The van der Waals surface area contributed by atoms with Gasteiger partial charge in [0.15, 0.2) is 0 Å². The van der Waals surface area contributed by atoms with Crippen LogP contribution in [0.5, 0.6) is 5.75 Å². The first-order chi connectivity index (χ1) is 15.0. The van der Waals surface area contributed by atoms with E-state index in [0.29, 0.717) is 10.6 Å². The van der Waals surface area contributed by atoms with E-state index in [-0.39, 0.29) is 10.8 Å². The minimum absolute atomic E-state index is 0.295. The zero-order valence-electron chi connectivity index (χ0n) is 20.3. The molecule has 2 aromatic rings. The van der Waals surface area contributed by atoms with E-state index < -0.39 is 41.0 Å². The van der Waals surface area contributed by atoms with Gasteiger partial charge in [0.2, 0.25) is 0 Å². The molecule has 0 heterocycles. The van der Waals surface area contributed by atoms with Gasteiger partial charge in [0.1, 0.15) is 5.75 Å². The third kappa shape index (κ3) is 7.42. The van der Waals surface area contributed by atoms with Crippen LogP contribution < -0.4 is 4.74 Å². The molecule has 0 N–H and O–H groups in total. The van der Waals surface area contributed by atoms with Gasteiger partial charge in [-0.05, 0) is 29.9 Å². The lowest BCUT2D eigenvalue weighted by molar-refractivity contribution is -0.176. The summed E-state index contributed by atoms with van der Waals surface area (Å²) >= 11 is 0. The molecule has 2 rings (SSSR count). The molecule has 0 aliphatic carbocycles. The minimum atomic E-state index is -4.68. The second kappa shape index (κ2) is 10.00. The van der Waals surface area contributed by atoms with Crippen molar-refractivity contribution >= 4 is 16.8 Å². The van der Waals surface area contributed by atoms with E-state index in [1.54, 1.807) is 18.2 Å². The second-order valence-corrected chi connectivity index (χ2v) is 11.9. The number of aryl methyl sites for hydroxylation is 1. The summed E-state index contributed by atoms with van der Waals surface area (Å²) in [5.74, 6) is -3.44. The highest BCUT2D eigenvalue weighted by atomic mass is 32.2. The fourth-order valence-corrected chi connectivity index (χ4v) is 4.80. The smallest absolute Gasteiger partial charge is 0.393 e. The van der Waals surface area contributed by atoms with E-state index in [9.17, 15) is 22.2 Å². The maximum Gasteiger partial charge on any atom is 0.393 e. The molecule has 0 radical (unpaired) electrons. The number of rotatable bonds is 6. The van der Waals surface area contributed by atoms with Crippen molar-refractivity contribution in [2.75, 3.05) is 5.75 Å². The summed E-state index contributed by atoms with van der Waals surface area (Å²) in [6.07, 6.45) is -5.58. The van der Waals surface area contributed by atoms with Gasteiger partial charge in [0.05, 0.1) is 23.1 Å². The summed E-state index contributed by atoms with van der Waals surface area (Å²) in [7, 11) is -1.89. The summed E-state index contributed by atoms with van der Waals surface area (Å²) in [6.45, 7) is 13.7. The standard InChI is InChI=1S/C26H33F3O3S/c1-17-13-20(24(2,3)4)23(21(14-17)25(5,6)7)32-22(30)15-18(26(27,28)29)16-33(31)19-11-9-8-10-12-19/h8-14,18H,15-16H2,1-7H3. The lowest BCUT2D eigenvalue weighted by atomic mass is 9.78. The Hall–Kier alpha value is -2.15. The lowest BCUT2D eigenvalue weighted by Crippen LogP contribution is -2.32. The van der Waals surface area contributed by atoms with Gasteiger partial charge in [-0.15, -0.1) is 0 Å². The van der Waals surface area contributed by atoms with Crippen LogP contribution in [-0.2, 0) is 26.4 Å². The third-order valence-corrected chi connectivity index (χ3v) is 6.80. The first-order valence-electron chi connectivity index (χ1n) is 10.9. The van der Waals surface area contributed by atoms with Crippen molar-refractivity contribution in [3.8, 4) is 5.75 Å². The third-order valence-electron chi connectivity index (χ3n) is 5.30. The molecule has 0 aliphatic heterocycles. The van der Waals surface area contributed by atoms with Crippen LogP contribution in [0.15, 0.2) is 47.4 Å². The number of halogens is 3. The highest BCUT2D eigenvalue weighted by Gasteiger charge is 2.43. The summed E-state index contributed by atoms with van der Waals surface area (Å²) in [5, 5.41) is 0. The summed E-state index contributed by atoms with van der Waals surface area (Å²) in [5.41, 5.74) is 1.73. The Kier molecular flexibility index (Phi) is 8.21. The predicted octanol–water partition coefficient (Wildman–Crippen LogP) is 6.87. The maximum absolute atomic E-state index is 13.7. The molecule has 2 unspecified atom stereocenters. The van der Waals surface area contributed by atoms with Crippen LogP contribution in [0.25, 0.3) is 0 Å². The fraction of sp³-hybridized carbons (Fsp3) is 0.500. The van der Waals surface area contributed by atoms with Gasteiger partial charge in [-0.3, -0.25) is 9.00 Å². The molecular formula is C26H33F3O3S. The lowest BCUT2D eigenvalue weighted by Gasteiger charge is -2.30. The van der Waals surface area contributed by atoms with E-state index in [1.165, 1.54) is 12.1 Å². The molecule has 3 nitrogen and oxygen atoms in total. The molecule has 0 aliphatic rings. The molecule has 0 aromatic heterocycles. The molecule has 0 amide bonds. The molecule has 0 saturated heterocycles. The van der Waals surface area contributed by atoms with Crippen LogP contribution in [0.2, 0.25) is 0 Å². The van der Waals surface area contributed by atoms with E-state index >= 15 is 0 Å². The van der Waals surface area contributed by atoms with Gasteiger partial charge in [-0.25, -0.2) is 0 Å². The van der Waals surface area contributed by atoms with Crippen LogP contribution in [0.3, 0.4) is 0 Å². The zero-order valence-corrected chi connectivity index (χ0v) is 21.1. The van der Waals surface area contributed by atoms with Crippen LogP contribution in [0.1, 0.15) is 64.7 Å². The van der Waals surface area contributed by atoms with Crippen molar-refractivity contribution in [3.05, 3.63) is 59.2 Å². The normalized spacial score (nSPS) is 14.6. The second-order valence-electron chi connectivity index (χ2n) is 10.4. The van der Waals surface area contributed by atoms with Crippen LogP contribution in [0, 0.1) is 12.8 Å². The number of hydrogen-bond donors (Lipinski definition) is 0. The number of benzene rings is 2. The Bertz CT molecular complexity index is 965. The van der Waals surface area contributed by atoms with Gasteiger partial charge in [-0.1, -0.05) is 77.4 Å². The number of alkyl halides is 3. The monoisotopic (exact) mass is 482 g/mol. The van der Waals surface area contributed by atoms with Crippen LogP contribution in [0.4, 0.5) is 13.2 Å². The van der Waals surface area contributed by atoms with Gasteiger partial charge < -0.3 is 4.74 Å². The van der Waals surface area contributed by atoms with Crippen molar-refractivity contribution in [2.24, 2.45) is 5.92 Å². The van der Waals surface area contributed by atoms with Gasteiger partial charge in [0, 0.05) is 21.8 Å². The Morgan fingerprint density at radius 3 is 1.85 bits per heavy atom. The van der Waals surface area contributed by atoms with Crippen molar-refractivity contribution in [1.29, 1.82) is 0 Å².